The first kappa shape index (κ1) is 20.1. The Labute approximate surface area is 172 Å². The van der Waals surface area contributed by atoms with E-state index in [0.717, 1.165) is 36.8 Å². The molecule has 28 heavy (non-hydrogen) atoms. The van der Waals surface area contributed by atoms with Gasteiger partial charge in [0.2, 0.25) is 0 Å². The van der Waals surface area contributed by atoms with Crippen LogP contribution in [0.25, 0.3) is 0 Å². The van der Waals surface area contributed by atoms with Crippen LogP contribution in [-0.2, 0) is 18.3 Å². The number of aryl methyl sites for hydroxylation is 2. The van der Waals surface area contributed by atoms with Gasteiger partial charge in [0, 0.05) is 17.4 Å². The molecule has 0 amide bonds. The van der Waals surface area contributed by atoms with Gasteiger partial charge >= 0.3 is 0 Å². The van der Waals surface area contributed by atoms with E-state index in [1.807, 2.05) is 42.6 Å². The lowest BCUT2D eigenvalue weighted by atomic mass is 9.73. The van der Waals surface area contributed by atoms with Crippen molar-refractivity contribution in [1.29, 1.82) is 5.26 Å². The van der Waals surface area contributed by atoms with Crippen molar-refractivity contribution in [1.82, 2.24) is 4.98 Å². The molecule has 0 saturated carbocycles. The van der Waals surface area contributed by atoms with E-state index in [-0.39, 0.29) is 0 Å². The predicted octanol–water partition coefficient (Wildman–Crippen LogP) is 6.46. The topological polar surface area (TPSA) is 36.7 Å². The molecule has 2 aromatic carbocycles. The van der Waals surface area contributed by atoms with Crippen LogP contribution in [0.5, 0.6) is 0 Å². The Bertz CT molecular complexity index is 912. The Hall–Kier alpha value is -2.63. The van der Waals surface area contributed by atoms with Gasteiger partial charge in [-0.25, -0.2) is 0 Å². The maximum Gasteiger partial charge on any atom is 0.0863 e. The Balaban J connectivity index is 1.74. The summed E-state index contributed by atoms with van der Waals surface area (Å²) in [5, 5.41) is 10.9. The summed E-state index contributed by atoms with van der Waals surface area (Å²) in [6.07, 6.45) is 8.18. The van der Waals surface area contributed by atoms with Crippen LogP contribution in [-0.4, -0.2) is 4.98 Å². The second kappa shape index (κ2) is 9.53. The highest BCUT2D eigenvalue weighted by Crippen LogP contribution is 2.34. The molecule has 2 nitrogen and oxygen atoms in total. The van der Waals surface area contributed by atoms with Crippen molar-refractivity contribution in [3.05, 3.63) is 100 Å². The first-order valence-electron chi connectivity index (χ1n) is 9.73. The highest BCUT2D eigenvalue weighted by molar-refractivity contribution is 6.30. The minimum Gasteiger partial charge on any atom is -0.264 e. The number of pyridine rings is 1. The van der Waals surface area contributed by atoms with Crippen molar-refractivity contribution in [2.24, 2.45) is 0 Å². The van der Waals surface area contributed by atoms with Crippen LogP contribution in [0, 0.1) is 18.3 Å². The zero-order valence-electron chi connectivity index (χ0n) is 16.2. The molecule has 0 aliphatic rings. The summed E-state index contributed by atoms with van der Waals surface area (Å²) in [7, 11) is 0. The number of halogens is 1. The Kier molecular flexibility index (Phi) is 6.85. The lowest BCUT2D eigenvalue weighted by molar-refractivity contribution is 0.469. The predicted molar refractivity (Wildman–Crippen MR) is 115 cm³/mol. The first-order valence-corrected chi connectivity index (χ1v) is 10.1. The normalized spacial score (nSPS) is 12.9. The van der Waals surface area contributed by atoms with Crippen molar-refractivity contribution in [2.75, 3.05) is 0 Å². The quantitative estimate of drug-likeness (QED) is 0.415. The van der Waals surface area contributed by atoms with Crippen molar-refractivity contribution in [3.63, 3.8) is 0 Å². The third-order valence-corrected chi connectivity index (χ3v) is 5.53. The molecule has 142 valence electrons. The van der Waals surface area contributed by atoms with Gasteiger partial charge in [0.25, 0.3) is 0 Å². The number of hydrogen-bond acceptors (Lipinski definition) is 2. The van der Waals surface area contributed by atoms with Gasteiger partial charge < -0.3 is 0 Å². The maximum absolute atomic E-state index is 10.2. The van der Waals surface area contributed by atoms with Crippen molar-refractivity contribution >= 4 is 11.6 Å². The standard InChI is InChI=1S/C25H25ClN2/c1-20-7-9-21(10-8-20)5-2-3-15-25(19-27,17-22-6-4-16-28-18-22)23-11-13-24(26)14-12-23/h4,6-14,16,18H,2-3,5,15,17H2,1H3. The maximum atomic E-state index is 10.2. The molecular formula is C25H25ClN2. The molecule has 0 aliphatic carbocycles. The van der Waals surface area contributed by atoms with E-state index in [1.165, 1.54) is 11.1 Å². The molecule has 3 aromatic rings. The summed E-state index contributed by atoms with van der Waals surface area (Å²) in [5.74, 6) is 0. The fourth-order valence-electron chi connectivity index (χ4n) is 3.63. The van der Waals surface area contributed by atoms with Gasteiger partial charge in [0.05, 0.1) is 11.5 Å². The minimum atomic E-state index is -0.569. The van der Waals surface area contributed by atoms with Gasteiger partial charge in [0.15, 0.2) is 0 Å². The van der Waals surface area contributed by atoms with Crippen LogP contribution in [0.4, 0.5) is 0 Å². The summed E-state index contributed by atoms with van der Waals surface area (Å²) < 4.78 is 0. The third kappa shape index (κ3) is 5.21. The zero-order chi connectivity index (χ0) is 19.8. The molecule has 1 heterocycles. The van der Waals surface area contributed by atoms with E-state index in [2.05, 4.69) is 42.2 Å². The largest absolute Gasteiger partial charge is 0.264 e. The molecular weight excluding hydrogens is 364 g/mol. The molecule has 0 spiro atoms. The summed E-state index contributed by atoms with van der Waals surface area (Å²) in [5.41, 5.74) is 4.18. The monoisotopic (exact) mass is 388 g/mol. The number of nitrogens with zero attached hydrogens (tertiary/aromatic N) is 2. The Morgan fingerprint density at radius 1 is 0.964 bits per heavy atom. The van der Waals surface area contributed by atoms with Crippen LogP contribution in [0.3, 0.4) is 0 Å². The number of benzene rings is 2. The molecule has 0 radical (unpaired) electrons. The molecule has 0 fully saturated rings. The summed E-state index contributed by atoms with van der Waals surface area (Å²) in [6.45, 7) is 2.11. The lowest BCUT2D eigenvalue weighted by Gasteiger charge is -2.27. The van der Waals surface area contributed by atoms with E-state index in [1.54, 1.807) is 6.20 Å². The molecule has 0 aliphatic heterocycles. The molecule has 0 saturated heterocycles. The van der Waals surface area contributed by atoms with Gasteiger partial charge in [-0.3, -0.25) is 4.98 Å². The van der Waals surface area contributed by atoms with Gasteiger partial charge in [-0.05, 0) is 67.5 Å². The molecule has 1 aromatic heterocycles. The summed E-state index contributed by atoms with van der Waals surface area (Å²) in [4.78, 5) is 4.22. The van der Waals surface area contributed by atoms with Crippen LogP contribution < -0.4 is 0 Å². The summed E-state index contributed by atoms with van der Waals surface area (Å²) >= 11 is 6.08. The van der Waals surface area contributed by atoms with Crippen molar-refractivity contribution < 1.29 is 0 Å². The van der Waals surface area contributed by atoms with E-state index in [0.29, 0.717) is 11.4 Å². The molecule has 1 unspecified atom stereocenters. The molecule has 1 atom stereocenters. The molecule has 0 N–H and O–H groups in total. The molecule has 0 bridgehead atoms. The minimum absolute atomic E-state index is 0.569. The van der Waals surface area contributed by atoms with Crippen molar-refractivity contribution in [3.8, 4) is 6.07 Å². The highest BCUT2D eigenvalue weighted by Gasteiger charge is 2.32. The number of unbranched alkanes of at least 4 members (excludes halogenated alkanes) is 1. The lowest BCUT2D eigenvalue weighted by Crippen LogP contribution is -2.27. The fraction of sp³-hybridized carbons (Fsp3) is 0.280. The Morgan fingerprint density at radius 2 is 1.71 bits per heavy atom. The third-order valence-electron chi connectivity index (χ3n) is 5.28. The van der Waals surface area contributed by atoms with Crippen molar-refractivity contribution in [2.45, 2.75) is 44.4 Å². The Morgan fingerprint density at radius 3 is 2.36 bits per heavy atom. The second-order valence-corrected chi connectivity index (χ2v) is 7.87. The van der Waals surface area contributed by atoms with Crippen LogP contribution in [0.15, 0.2) is 73.1 Å². The van der Waals surface area contributed by atoms with Crippen LogP contribution >= 0.6 is 11.6 Å². The van der Waals surface area contributed by atoms with E-state index in [4.69, 9.17) is 11.6 Å². The fourth-order valence-corrected chi connectivity index (χ4v) is 3.75. The van der Waals surface area contributed by atoms with E-state index < -0.39 is 5.41 Å². The SMILES string of the molecule is Cc1ccc(CCCCC(C#N)(Cc2cccnc2)c2ccc(Cl)cc2)cc1. The van der Waals surface area contributed by atoms with E-state index >= 15 is 0 Å². The average molecular weight is 389 g/mol. The number of hydrogen-bond donors (Lipinski definition) is 0. The number of nitriles is 1. The second-order valence-electron chi connectivity index (χ2n) is 7.43. The summed E-state index contributed by atoms with van der Waals surface area (Å²) in [6, 6.07) is 23.0. The first-order chi connectivity index (χ1) is 13.6. The average Bonchev–Trinajstić information content (AvgIpc) is 2.73. The molecule has 3 heteroatoms. The van der Waals surface area contributed by atoms with Gasteiger partial charge in [-0.1, -0.05) is 66.0 Å². The van der Waals surface area contributed by atoms with Crippen LogP contribution in [0.2, 0.25) is 5.02 Å². The smallest absolute Gasteiger partial charge is 0.0863 e. The highest BCUT2D eigenvalue weighted by atomic mass is 35.5. The van der Waals surface area contributed by atoms with Gasteiger partial charge in [-0.2, -0.15) is 5.26 Å². The van der Waals surface area contributed by atoms with Gasteiger partial charge in [-0.15, -0.1) is 0 Å². The number of rotatable bonds is 8. The van der Waals surface area contributed by atoms with E-state index in [9.17, 15) is 5.26 Å². The van der Waals surface area contributed by atoms with Gasteiger partial charge in [0.1, 0.15) is 0 Å². The number of aromatic nitrogens is 1. The van der Waals surface area contributed by atoms with Crippen LogP contribution in [0.1, 0.15) is 41.5 Å². The molecule has 3 rings (SSSR count). The zero-order valence-corrected chi connectivity index (χ0v) is 17.0.